The molecular weight excluding hydrogens is 228 g/mol. The van der Waals surface area contributed by atoms with Gasteiger partial charge >= 0.3 is 5.97 Å². The van der Waals surface area contributed by atoms with E-state index in [0.29, 0.717) is 12.6 Å². The summed E-state index contributed by atoms with van der Waals surface area (Å²) in [7, 11) is 0. The first kappa shape index (κ1) is 11.5. The number of hydrogen-bond acceptors (Lipinski definition) is 3. The molecule has 1 aromatic carbocycles. The van der Waals surface area contributed by atoms with E-state index in [1.807, 2.05) is 12.1 Å². The van der Waals surface area contributed by atoms with Crippen molar-refractivity contribution in [2.45, 2.75) is 31.3 Å². The maximum Gasteiger partial charge on any atom is 0.322 e. The molecule has 3 rings (SSSR count). The Balaban J connectivity index is 1.69. The summed E-state index contributed by atoms with van der Waals surface area (Å²) in [4.78, 5) is 13.5. The first-order valence-corrected chi connectivity index (χ1v) is 6.56. The Labute approximate surface area is 107 Å². The number of rotatable bonds is 5. The van der Waals surface area contributed by atoms with Gasteiger partial charge in [-0.1, -0.05) is 18.2 Å². The molecule has 1 saturated carbocycles. The largest absolute Gasteiger partial charge is 0.480 e. The standard InChI is InChI=1S/C14H18N2O2/c17-14(18)12(15-11-5-6-11)9-16-8-7-10-3-1-2-4-13(10)16/h1-4,11-12,15H,5-9H2,(H,17,18). The molecule has 1 atom stereocenters. The van der Waals surface area contributed by atoms with Gasteiger partial charge in [0.25, 0.3) is 0 Å². The lowest BCUT2D eigenvalue weighted by molar-refractivity contribution is -0.139. The number of aliphatic carboxylic acids is 1. The summed E-state index contributed by atoms with van der Waals surface area (Å²) in [5.74, 6) is -0.744. The monoisotopic (exact) mass is 246 g/mol. The number of carboxylic acids is 1. The van der Waals surface area contributed by atoms with Crippen molar-refractivity contribution in [2.75, 3.05) is 18.0 Å². The zero-order valence-corrected chi connectivity index (χ0v) is 10.3. The van der Waals surface area contributed by atoms with Gasteiger partial charge in [0.15, 0.2) is 0 Å². The first-order chi connectivity index (χ1) is 8.74. The van der Waals surface area contributed by atoms with Gasteiger partial charge in [0.05, 0.1) is 0 Å². The molecule has 1 aromatic rings. The van der Waals surface area contributed by atoms with E-state index in [1.165, 1.54) is 11.3 Å². The highest BCUT2D eigenvalue weighted by molar-refractivity contribution is 5.75. The fourth-order valence-electron chi connectivity index (χ4n) is 2.55. The lowest BCUT2D eigenvalue weighted by atomic mass is 10.2. The van der Waals surface area contributed by atoms with Crippen LogP contribution < -0.4 is 10.2 Å². The molecule has 2 aliphatic rings. The van der Waals surface area contributed by atoms with Gasteiger partial charge in [-0.25, -0.2) is 0 Å². The molecule has 4 heteroatoms. The summed E-state index contributed by atoms with van der Waals surface area (Å²) in [6.45, 7) is 1.48. The predicted octanol–water partition coefficient (Wildman–Crippen LogP) is 1.25. The normalized spacial score (nSPS) is 19.7. The van der Waals surface area contributed by atoms with Gasteiger partial charge in [0.2, 0.25) is 0 Å². The summed E-state index contributed by atoms with van der Waals surface area (Å²) in [6.07, 6.45) is 3.24. The van der Waals surface area contributed by atoms with Crippen molar-refractivity contribution in [3.63, 3.8) is 0 Å². The molecule has 0 aromatic heterocycles. The summed E-state index contributed by atoms with van der Waals surface area (Å²) < 4.78 is 0. The summed E-state index contributed by atoms with van der Waals surface area (Å²) in [5.41, 5.74) is 2.52. The number of nitrogens with zero attached hydrogens (tertiary/aromatic N) is 1. The summed E-state index contributed by atoms with van der Waals surface area (Å²) in [6, 6.07) is 8.23. The third kappa shape index (κ3) is 2.34. The highest BCUT2D eigenvalue weighted by atomic mass is 16.4. The van der Waals surface area contributed by atoms with Crippen LogP contribution in [0.25, 0.3) is 0 Å². The Morgan fingerprint density at radius 1 is 1.44 bits per heavy atom. The van der Waals surface area contributed by atoms with E-state index in [-0.39, 0.29) is 0 Å². The Bertz CT molecular complexity index is 457. The third-order valence-electron chi connectivity index (χ3n) is 3.70. The molecule has 1 unspecified atom stereocenters. The highest BCUT2D eigenvalue weighted by Gasteiger charge is 2.31. The average molecular weight is 246 g/mol. The molecule has 1 heterocycles. The van der Waals surface area contributed by atoms with Crippen molar-refractivity contribution in [1.82, 2.24) is 5.32 Å². The van der Waals surface area contributed by atoms with Crippen LogP contribution in [0, 0.1) is 0 Å². The second-order valence-electron chi connectivity index (χ2n) is 5.16. The fraction of sp³-hybridized carbons (Fsp3) is 0.500. The van der Waals surface area contributed by atoms with Gasteiger partial charge in [-0.2, -0.15) is 0 Å². The first-order valence-electron chi connectivity index (χ1n) is 6.56. The van der Waals surface area contributed by atoms with Crippen molar-refractivity contribution < 1.29 is 9.90 Å². The van der Waals surface area contributed by atoms with E-state index in [0.717, 1.165) is 25.8 Å². The van der Waals surface area contributed by atoms with Gasteiger partial charge in [-0.3, -0.25) is 4.79 Å². The number of carboxylic acid groups (broad SMARTS) is 1. The number of carbonyl (C=O) groups is 1. The molecule has 0 bridgehead atoms. The third-order valence-corrected chi connectivity index (χ3v) is 3.70. The number of fused-ring (bicyclic) bond motifs is 1. The topological polar surface area (TPSA) is 52.6 Å². The van der Waals surface area contributed by atoms with Crippen LogP contribution in [0.5, 0.6) is 0 Å². The van der Waals surface area contributed by atoms with Crippen LogP contribution in [0.2, 0.25) is 0 Å². The quantitative estimate of drug-likeness (QED) is 0.821. The van der Waals surface area contributed by atoms with Crippen LogP contribution in [0.15, 0.2) is 24.3 Å². The molecule has 4 nitrogen and oxygen atoms in total. The minimum atomic E-state index is -0.744. The van der Waals surface area contributed by atoms with Gasteiger partial charge in [-0.15, -0.1) is 0 Å². The molecule has 96 valence electrons. The van der Waals surface area contributed by atoms with Gasteiger partial charge in [-0.05, 0) is 30.9 Å². The Morgan fingerprint density at radius 3 is 2.94 bits per heavy atom. The van der Waals surface area contributed by atoms with Gasteiger partial charge in [0.1, 0.15) is 6.04 Å². The SMILES string of the molecule is O=C(O)C(CN1CCc2ccccc21)NC1CC1. The number of anilines is 1. The molecule has 0 amide bonds. The predicted molar refractivity (Wildman–Crippen MR) is 69.9 cm³/mol. The fourth-order valence-corrected chi connectivity index (χ4v) is 2.55. The molecule has 2 N–H and O–H groups in total. The van der Waals surface area contributed by atoms with Gasteiger partial charge < -0.3 is 15.3 Å². The smallest absolute Gasteiger partial charge is 0.322 e. The van der Waals surface area contributed by atoms with E-state index in [2.05, 4.69) is 22.3 Å². The number of benzene rings is 1. The van der Waals surface area contributed by atoms with E-state index >= 15 is 0 Å². The maximum atomic E-state index is 11.3. The molecule has 1 aliphatic heterocycles. The van der Waals surface area contributed by atoms with E-state index in [4.69, 9.17) is 0 Å². The molecule has 0 saturated heterocycles. The molecular formula is C14H18N2O2. The zero-order valence-electron chi connectivity index (χ0n) is 10.3. The minimum absolute atomic E-state index is 0.420. The number of para-hydroxylation sites is 1. The van der Waals surface area contributed by atoms with Crippen LogP contribution in [0.4, 0.5) is 5.69 Å². The van der Waals surface area contributed by atoms with E-state index in [1.54, 1.807) is 0 Å². The van der Waals surface area contributed by atoms with Crippen molar-refractivity contribution in [2.24, 2.45) is 0 Å². The van der Waals surface area contributed by atoms with Crippen LogP contribution >= 0.6 is 0 Å². The number of nitrogens with one attached hydrogen (secondary N) is 1. The lowest BCUT2D eigenvalue weighted by Gasteiger charge is -2.24. The molecule has 1 aliphatic carbocycles. The van der Waals surface area contributed by atoms with E-state index < -0.39 is 12.0 Å². The second-order valence-corrected chi connectivity index (χ2v) is 5.16. The second kappa shape index (κ2) is 4.61. The maximum absolute atomic E-state index is 11.3. The molecule has 18 heavy (non-hydrogen) atoms. The summed E-state index contributed by atoms with van der Waals surface area (Å²) >= 11 is 0. The lowest BCUT2D eigenvalue weighted by Crippen LogP contribution is -2.46. The van der Waals surface area contributed by atoms with Crippen LogP contribution in [-0.4, -0.2) is 36.2 Å². The number of hydrogen-bond donors (Lipinski definition) is 2. The van der Waals surface area contributed by atoms with Crippen LogP contribution in [-0.2, 0) is 11.2 Å². The van der Waals surface area contributed by atoms with Crippen molar-refractivity contribution >= 4 is 11.7 Å². The van der Waals surface area contributed by atoms with Crippen LogP contribution in [0.3, 0.4) is 0 Å². The van der Waals surface area contributed by atoms with Crippen molar-refractivity contribution in [3.05, 3.63) is 29.8 Å². The molecule has 1 fully saturated rings. The van der Waals surface area contributed by atoms with Crippen molar-refractivity contribution in [3.8, 4) is 0 Å². The van der Waals surface area contributed by atoms with Crippen LogP contribution in [0.1, 0.15) is 18.4 Å². The average Bonchev–Trinajstić information content (AvgIpc) is 3.09. The van der Waals surface area contributed by atoms with Gasteiger partial charge in [0, 0.05) is 24.8 Å². The molecule has 0 spiro atoms. The Morgan fingerprint density at radius 2 is 2.22 bits per heavy atom. The zero-order chi connectivity index (χ0) is 12.5. The Kier molecular flexibility index (Phi) is 2.96. The van der Waals surface area contributed by atoms with Crippen molar-refractivity contribution in [1.29, 1.82) is 0 Å². The summed E-state index contributed by atoms with van der Waals surface area (Å²) in [5, 5.41) is 12.5. The highest BCUT2D eigenvalue weighted by Crippen LogP contribution is 2.28. The Hall–Kier alpha value is -1.55. The minimum Gasteiger partial charge on any atom is -0.480 e. The molecule has 0 radical (unpaired) electrons. The van der Waals surface area contributed by atoms with E-state index in [9.17, 15) is 9.90 Å².